The van der Waals surface area contributed by atoms with Gasteiger partial charge in [-0.15, -0.1) is 0 Å². The number of aromatic nitrogens is 1. The zero-order valence-electron chi connectivity index (χ0n) is 10.5. The first-order chi connectivity index (χ1) is 9.90. The van der Waals surface area contributed by atoms with Crippen LogP contribution in [0.4, 0.5) is 0 Å². The molecule has 3 heterocycles. The van der Waals surface area contributed by atoms with Crippen molar-refractivity contribution in [2.24, 2.45) is 0 Å². The summed E-state index contributed by atoms with van der Waals surface area (Å²) in [5, 5.41) is 4.23. The van der Waals surface area contributed by atoms with Gasteiger partial charge in [0, 0.05) is 21.5 Å². The molecule has 5 rings (SSSR count). The van der Waals surface area contributed by atoms with Gasteiger partial charge in [0.2, 0.25) is 11.4 Å². The van der Waals surface area contributed by atoms with Crippen molar-refractivity contribution in [2.45, 2.75) is 0 Å². The summed E-state index contributed by atoms with van der Waals surface area (Å²) < 4.78 is 11.6. The van der Waals surface area contributed by atoms with E-state index in [9.17, 15) is 0 Å². The van der Waals surface area contributed by atoms with Crippen LogP contribution in [0.25, 0.3) is 44.1 Å². The number of fused-ring (bicyclic) bond motifs is 6. The van der Waals surface area contributed by atoms with Crippen molar-refractivity contribution in [3.05, 3.63) is 54.6 Å². The molecule has 2 aromatic carbocycles. The van der Waals surface area contributed by atoms with E-state index >= 15 is 0 Å². The molecule has 0 aliphatic heterocycles. The molecule has 0 unspecified atom stereocenters. The summed E-state index contributed by atoms with van der Waals surface area (Å²) in [5.74, 6) is 0. The molecule has 20 heavy (non-hydrogen) atoms. The van der Waals surface area contributed by atoms with Crippen molar-refractivity contribution in [3.8, 4) is 0 Å². The fraction of sp³-hybridized carbons (Fsp3) is 0. The Morgan fingerprint density at radius 1 is 0.600 bits per heavy atom. The summed E-state index contributed by atoms with van der Waals surface area (Å²) in [6.45, 7) is 0. The molecule has 3 nitrogen and oxygen atoms in total. The van der Waals surface area contributed by atoms with Crippen molar-refractivity contribution < 1.29 is 8.83 Å². The number of hydrogen-bond acceptors (Lipinski definition) is 3. The van der Waals surface area contributed by atoms with E-state index < -0.39 is 0 Å². The Hall–Kier alpha value is -2.81. The number of benzene rings is 2. The number of hydrogen-bond donors (Lipinski definition) is 0. The van der Waals surface area contributed by atoms with Crippen molar-refractivity contribution in [2.75, 3.05) is 0 Å². The van der Waals surface area contributed by atoms with Crippen LogP contribution in [0, 0.1) is 0 Å². The highest BCUT2D eigenvalue weighted by Gasteiger charge is 2.13. The highest BCUT2D eigenvalue weighted by Crippen LogP contribution is 2.34. The Bertz CT molecular complexity index is 1020. The van der Waals surface area contributed by atoms with Gasteiger partial charge in [-0.2, -0.15) is 4.98 Å². The third-order valence-corrected chi connectivity index (χ3v) is 3.72. The van der Waals surface area contributed by atoms with Gasteiger partial charge < -0.3 is 8.83 Å². The molecular formula is C17H9NO2. The summed E-state index contributed by atoms with van der Waals surface area (Å²) in [4.78, 5) is 4.52. The summed E-state index contributed by atoms with van der Waals surface area (Å²) in [5.41, 5.74) is 2.95. The number of furan rings is 2. The number of rotatable bonds is 0. The minimum atomic E-state index is 0.623. The first-order valence-electron chi connectivity index (χ1n) is 6.50. The molecular weight excluding hydrogens is 250 g/mol. The van der Waals surface area contributed by atoms with Crippen molar-refractivity contribution in [3.63, 3.8) is 0 Å². The van der Waals surface area contributed by atoms with Gasteiger partial charge in [-0.05, 0) is 18.2 Å². The average Bonchev–Trinajstić information content (AvgIpc) is 3.02. The average molecular weight is 259 g/mol. The lowest BCUT2D eigenvalue weighted by Crippen LogP contribution is -1.74. The molecule has 5 aromatic rings. The Morgan fingerprint density at radius 2 is 1.10 bits per heavy atom. The SMILES string of the molecule is c1ccc2c(c1)oc1nc3oc4ccccc4c3cc12. The van der Waals surface area contributed by atoms with E-state index in [0.717, 1.165) is 32.7 Å². The van der Waals surface area contributed by atoms with E-state index in [4.69, 9.17) is 8.83 Å². The van der Waals surface area contributed by atoms with E-state index in [0.29, 0.717) is 11.4 Å². The first-order valence-corrected chi connectivity index (χ1v) is 6.50. The van der Waals surface area contributed by atoms with Crippen molar-refractivity contribution in [1.82, 2.24) is 4.98 Å². The molecule has 0 fully saturated rings. The topological polar surface area (TPSA) is 39.2 Å². The first kappa shape index (κ1) is 10.0. The molecule has 0 N–H and O–H groups in total. The van der Waals surface area contributed by atoms with Crippen LogP contribution in [0.5, 0.6) is 0 Å². The second-order valence-corrected chi connectivity index (χ2v) is 4.89. The van der Waals surface area contributed by atoms with Crippen LogP contribution >= 0.6 is 0 Å². The predicted octanol–water partition coefficient (Wildman–Crippen LogP) is 4.88. The molecule has 0 saturated heterocycles. The van der Waals surface area contributed by atoms with Crippen LogP contribution in [0.15, 0.2) is 63.4 Å². The molecule has 0 spiro atoms. The molecule has 0 aliphatic rings. The van der Waals surface area contributed by atoms with E-state index in [-0.39, 0.29) is 0 Å². The number of para-hydroxylation sites is 2. The molecule has 0 bridgehead atoms. The fourth-order valence-corrected chi connectivity index (χ4v) is 2.79. The van der Waals surface area contributed by atoms with Gasteiger partial charge in [0.15, 0.2) is 0 Å². The lowest BCUT2D eigenvalue weighted by atomic mass is 10.1. The van der Waals surface area contributed by atoms with Gasteiger partial charge in [-0.3, -0.25) is 0 Å². The van der Waals surface area contributed by atoms with Crippen molar-refractivity contribution >= 4 is 44.1 Å². The molecule has 0 amide bonds. The van der Waals surface area contributed by atoms with Gasteiger partial charge in [0.1, 0.15) is 11.2 Å². The third-order valence-electron chi connectivity index (χ3n) is 3.72. The van der Waals surface area contributed by atoms with Crippen LogP contribution < -0.4 is 0 Å². The highest BCUT2D eigenvalue weighted by atomic mass is 16.4. The van der Waals surface area contributed by atoms with E-state index in [1.54, 1.807) is 0 Å². The van der Waals surface area contributed by atoms with Gasteiger partial charge >= 0.3 is 0 Å². The second kappa shape index (κ2) is 3.39. The largest absolute Gasteiger partial charge is 0.438 e. The van der Waals surface area contributed by atoms with E-state index in [1.165, 1.54) is 0 Å². The zero-order valence-corrected chi connectivity index (χ0v) is 10.5. The highest BCUT2D eigenvalue weighted by molar-refractivity contribution is 6.12. The molecule has 3 heteroatoms. The minimum absolute atomic E-state index is 0.623. The van der Waals surface area contributed by atoms with Crippen LogP contribution in [0.1, 0.15) is 0 Å². The summed E-state index contributed by atoms with van der Waals surface area (Å²) in [6.07, 6.45) is 0. The minimum Gasteiger partial charge on any atom is -0.438 e. The summed E-state index contributed by atoms with van der Waals surface area (Å²) in [7, 11) is 0. The summed E-state index contributed by atoms with van der Waals surface area (Å²) in [6, 6.07) is 18.1. The Labute approximate surface area is 113 Å². The van der Waals surface area contributed by atoms with Crippen LogP contribution in [0.3, 0.4) is 0 Å². The second-order valence-electron chi connectivity index (χ2n) is 4.89. The Kier molecular flexibility index (Phi) is 1.70. The zero-order chi connectivity index (χ0) is 13.1. The summed E-state index contributed by atoms with van der Waals surface area (Å²) >= 11 is 0. The van der Waals surface area contributed by atoms with E-state index in [1.807, 2.05) is 36.4 Å². The normalized spacial score (nSPS) is 12.0. The molecule has 3 aromatic heterocycles. The quantitative estimate of drug-likeness (QED) is 0.398. The van der Waals surface area contributed by atoms with Crippen LogP contribution in [0.2, 0.25) is 0 Å². The van der Waals surface area contributed by atoms with Crippen LogP contribution in [-0.2, 0) is 0 Å². The van der Waals surface area contributed by atoms with E-state index in [2.05, 4.69) is 23.2 Å². The van der Waals surface area contributed by atoms with Crippen LogP contribution in [-0.4, -0.2) is 4.98 Å². The lowest BCUT2D eigenvalue weighted by Gasteiger charge is -1.90. The Balaban J connectivity index is 2.06. The number of nitrogens with zero attached hydrogens (tertiary/aromatic N) is 1. The van der Waals surface area contributed by atoms with Gasteiger partial charge in [0.05, 0.1) is 0 Å². The maximum absolute atomic E-state index is 5.79. The lowest BCUT2D eigenvalue weighted by molar-refractivity contribution is 0.631. The van der Waals surface area contributed by atoms with Gasteiger partial charge in [-0.1, -0.05) is 36.4 Å². The standard InChI is InChI=1S/C17H9NO2/c1-3-7-14-10(5-1)12-9-13-11-6-2-4-8-15(11)20-17(13)18-16(12)19-14/h1-9H. The van der Waals surface area contributed by atoms with Gasteiger partial charge in [0.25, 0.3) is 0 Å². The Morgan fingerprint density at radius 3 is 1.65 bits per heavy atom. The molecule has 0 aliphatic carbocycles. The number of pyridine rings is 1. The fourth-order valence-electron chi connectivity index (χ4n) is 2.79. The molecule has 0 radical (unpaired) electrons. The monoisotopic (exact) mass is 259 g/mol. The molecule has 0 atom stereocenters. The van der Waals surface area contributed by atoms with Crippen molar-refractivity contribution in [1.29, 1.82) is 0 Å². The smallest absolute Gasteiger partial charge is 0.230 e. The predicted molar refractivity (Wildman–Crippen MR) is 78.8 cm³/mol. The molecule has 94 valence electrons. The maximum atomic E-state index is 5.79. The third kappa shape index (κ3) is 1.17. The molecule has 0 saturated carbocycles. The van der Waals surface area contributed by atoms with Gasteiger partial charge in [-0.25, -0.2) is 0 Å². The maximum Gasteiger partial charge on any atom is 0.230 e.